The Bertz CT molecular complexity index is 146. The molecular weight excluding hydrogens is 98.1 g/mol. The highest BCUT2D eigenvalue weighted by molar-refractivity contribution is 5.00. The lowest BCUT2D eigenvalue weighted by Crippen LogP contribution is -1.82. The van der Waals surface area contributed by atoms with Crippen LogP contribution in [0.4, 0.5) is 0 Å². The fourth-order valence-electron chi connectivity index (χ4n) is 0.551. The molecule has 1 rings (SSSR count). The van der Waals surface area contributed by atoms with Gasteiger partial charge in [-0.3, -0.25) is 4.98 Å². The van der Waals surface area contributed by atoms with E-state index in [1.54, 1.807) is 6.20 Å². The van der Waals surface area contributed by atoms with Gasteiger partial charge >= 0.3 is 0 Å². The molecule has 0 N–H and O–H groups in total. The Morgan fingerprint density at radius 2 is 2.62 bits per heavy atom. The molecule has 0 bridgehead atoms. The van der Waals surface area contributed by atoms with Crippen molar-refractivity contribution in [2.75, 3.05) is 0 Å². The number of rotatable bonds is 1. The molecule has 41 valence electrons. The van der Waals surface area contributed by atoms with E-state index in [1.807, 2.05) is 12.1 Å². The Hall–Kier alpha value is -0.850. The van der Waals surface area contributed by atoms with E-state index < -0.39 is 0 Å². The van der Waals surface area contributed by atoms with Gasteiger partial charge in [0.2, 0.25) is 0 Å². The van der Waals surface area contributed by atoms with E-state index in [9.17, 15) is 0 Å². The van der Waals surface area contributed by atoms with Gasteiger partial charge in [0.05, 0.1) is 0 Å². The van der Waals surface area contributed by atoms with E-state index in [-0.39, 0.29) is 0 Å². The molecular formula is C7H8N. The molecule has 0 aliphatic heterocycles. The number of hydrogen-bond donors (Lipinski definition) is 0. The molecule has 0 saturated heterocycles. The average molecular weight is 106 g/mol. The fourth-order valence-corrected chi connectivity index (χ4v) is 0.551. The van der Waals surface area contributed by atoms with Crippen LogP contribution in [0.15, 0.2) is 18.3 Å². The van der Waals surface area contributed by atoms with E-state index >= 15 is 0 Å². The Morgan fingerprint density at radius 1 is 1.75 bits per heavy atom. The molecule has 1 nitrogen and oxygen atoms in total. The van der Waals surface area contributed by atoms with Crippen LogP contribution >= 0.6 is 0 Å². The topological polar surface area (TPSA) is 12.9 Å². The number of nitrogens with zero attached hydrogens (tertiary/aromatic N) is 1. The van der Waals surface area contributed by atoms with Crippen LogP contribution in [0.1, 0.15) is 12.6 Å². The molecule has 0 fully saturated rings. The highest BCUT2D eigenvalue weighted by Crippen LogP contribution is 1.90. The average Bonchev–Trinajstić information content (AvgIpc) is 1.90. The monoisotopic (exact) mass is 106 g/mol. The first-order chi connectivity index (χ1) is 3.93. The number of aryl methyl sites for hydroxylation is 1. The van der Waals surface area contributed by atoms with Crippen LogP contribution in [-0.2, 0) is 6.42 Å². The summed E-state index contributed by atoms with van der Waals surface area (Å²) in [4.78, 5) is 4.04. The summed E-state index contributed by atoms with van der Waals surface area (Å²) in [5.41, 5.74) is 1.03. The van der Waals surface area contributed by atoms with Gasteiger partial charge in [-0.1, -0.05) is 13.0 Å². The maximum Gasteiger partial charge on any atom is 0.0479 e. The lowest BCUT2D eigenvalue weighted by molar-refractivity contribution is 1.03. The molecule has 0 amide bonds. The minimum Gasteiger partial charge on any atom is -0.261 e. The fraction of sp³-hybridized carbons (Fsp3) is 0.286. The highest BCUT2D eigenvalue weighted by Gasteiger charge is 1.82. The van der Waals surface area contributed by atoms with Crippen molar-refractivity contribution in [1.82, 2.24) is 4.98 Å². The van der Waals surface area contributed by atoms with Gasteiger partial charge in [-0.25, -0.2) is 0 Å². The molecule has 0 aliphatic carbocycles. The SMILES string of the molecule is CCc1[c]cccn1. The number of pyridine rings is 1. The van der Waals surface area contributed by atoms with Crippen LogP contribution in [0.25, 0.3) is 0 Å². The highest BCUT2D eigenvalue weighted by atomic mass is 14.6. The molecule has 0 spiro atoms. The summed E-state index contributed by atoms with van der Waals surface area (Å²) in [5, 5.41) is 0. The molecule has 1 heterocycles. The van der Waals surface area contributed by atoms with Gasteiger partial charge in [-0.15, -0.1) is 0 Å². The largest absolute Gasteiger partial charge is 0.261 e. The predicted molar refractivity (Wildman–Crippen MR) is 32.5 cm³/mol. The lowest BCUT2D eigenvalue weighted by Gasteiger charge is -1.87. The molecule has 0 aromatic carbocycles. The molecule has 1 aromatic rings. The van der Waals surface area contributed by atoms with Gasteiger partial charge < -0.3 is 0 Å². The summed E-state index contributed by atoms with van der Waals surface area (Å²) in [7, 11) is 0. The Kier molecular flexibility index (Phi) is 1.62. The summed E-state index contributed by atoms with van der Waals surface area (Å²) < 4.78 is 0. The van der Waals surface area contributed by atoms with Gasteiger partial charge in [-0.05, 0) is 12.5 Å². The first kappa shape index (κ1) is 5.29. The van der Waals surface area contributed by atoms with Gasteiger partial charge in [0.25, 0.3) is 0 Å². The quantitative estimate of drug-likeness (QED) is 0.528. The van der Waals surface area contributed by atoms with Crippen molar-refractivity contribution in [2.45, 2.75) is 13.3 Å². The van der Waals surface area contributed by atoms with Gasteiger partial charge in [0, 0.05) is 18.0 Å². The molecule has 0 atom stereocenters. The van der Waals surface area contributed by atoms with Crippen molar-refractivity contribution >= 4 is 0 Å². The molecule has 1 heteroatoms. The molecule has 0 saturated carbocycles. The molecule has 8 heavy (non-hydrogen) atoms. The zero-order valence-corrected chi connectivity index (χ0v) is 4.89. The number of hydrogen-bond acceptors (Lipinski definition) is 1. The van der Waals surface area contributed by atoms with Crippen LogP contribution in [0, 0.1) is 6.07 Å². The smallest absolute Gasteiger partial charge is 0.0479 e. The number of aromatic nitrogens is 1. The molecule has 1 radical (unpaired) electrons. The zero-order chi connectivity index (χ0) is 5.82. The van der Waals surface area contributed by atoms with Crippen LogP contribution < -0.4 is 0 Å². The zero-order valence-electron chi connectivity index (χ0n) is 4.89. The standard InChI is InChI=1S/C7H8N/c1-2-7-5-3-4-6-8-7/h3-4,6H,2H2,1H3. The minimum absolute atomic E-state index is 0.973. The van der Waals surface area contributed by atoms with Gasteiger partial charge in [-0.2, -0.15) is 0 Å². The van der Waals surface area contributed by atoms with Crippen LogP contribution in [0.5, 0.6) is 0 Å². The Labute approximate surface area is 49.4 Å². The van der Waals surface area contributed by atoms with Crippen molar-refractivity contribution in [3.05, 3.63) is 30.1 Å². The van der Waals surface area contributed by atoms with E-state index in [2.05, 4.69) is 18.0 Å². The van der Waals surface area contributed by atoms with Crippen LogP contribution in [0.3, 0.4) is 0 Å². The second kappa shape index (κ2) is 2.46. The Morgan fingerprint density at radius 3 is 3.00 bits per heavy atom. The second-order valence-electron chi connectivity index (χ2n) is 1.58. The molecule has 0 unspecified atom stereocenters. The maximum absolute atomic E-state index is 4.04. The molecule has 1 aromatic heterocycles. The first-order valence-corrected chi connectivity index (χ1v) is 2.75. The molecule has 0 aliphatic rings. The first-order valence-electron chi connectivity index (χ1n) is 2.75. The minimum atomic E-state index is 0.973. The van der Waals surface area contributed by atoms with Crippen molar-refractivity contribution in [3.63, 3.8) is 0 Å². The van der Waals surface area contributed by atoms with Gasteiger partial charge in [0.15, 0.2) is 0 Å². The summed E-state index contributed by atoms with van der Waals surface area (Å²) in [6.45, 7) is 2.07. The summed E-state index contributed by atoms with van der Waals surface area (Å²) in [6.07, 6.45) is 2.76. The Balaban J connectivity index is 2.83. The van der Waals surface area contributed by atoms with Crippen molar-refractivity contribution < 1.29 is 0 Å². The lowest BCUT2D eigenvalue weighted by atomic mass is 10.3. The second-order valence-corrected chi connectivity index (χ2v) is 1.58. The third kappa shape index (κ3) is 1.06. The summed E-state index contributed by atoms with van der Waals surface area (Å²) in [6, 6.07) is 6.76. The van der Waals surface area contributed by atoms with Crippen molar-refractivity contribution in [1.29, 1.82) is 0 Å². The third-order valence-corrected chi connectivity index (χ3v) is 0.997. The summed E-state index contributed by atoms with van der Waals surface area (Å²) >= 11 is 0. The van der Waals surface area contributed by atoms with Gasteiger partial charge in [0.1, 0.15) is 0 Å². The maximum atomic E-state index is 4.04. The van der Waals surface area contributed by atoms with E-state index in [1.165, 1.54) is 0 Å². The van der Waals surface area contributed by atoms with E-state index in [0.717, 1.165) is 12.1 Å². The van der Waals surface area contributed by atoms with E-state index in [4.69, 9.17) is 0 Å². The van der Waals surface area contributed by atoms with Crippen LogP contribution in [-0.4, -0.2) is 4.98 Å². The van der Waals surface area contributed by atoms with Crippen LogP contribution in [0.2, 0.25) is 0 Å². The predicted octanol–water partition coefficient (Wildman–Crippen LogP) is 1.44. The van der Waals surface area contributed by atoms with E-state index in [0.29, 0.717) is 0 Å². The third-order valence-electron chi connectivity index (χ3n) is 0.997. The summed E-state index contributed by atoms with van der Waals surface area (Å²) in [5.74, 6) is 0. The van der Waals surface area contributed by atoms with Crippen molar-refractivity contribution in [2.24, 2.45) is 0 Å². The normalized spacial score (nSPS) is 9.12. The van der Waals surface area contributed by atoms with Crippen molar-refractivity contribution in [3.8, 4) is 0 Å².